The summed E-state index contributed by atoms with van der Waals surface area (Å²) in [7, 11) is 4.83. The number of amides is 3. The van der Waals surface area contributed by atoms with Crippen LogP contribution in [0.15, 0.2) is 41.5 Å². The Morgan fingerprint density at radius 3 is 2.41 bits per heavy atom. The molecule has 196 valence electrons. The number of piperidine rings is 1. The van der Waals surface area contributed by atoms with E-state index in [4.69, 9.17) is 19.3 Å². The van der Waals surface area contributed by atoms with Gasteiger partial charge in [0.2, 0.25) is 0 Å². The number of nitrogens with one attached hydrogen (secondary N) is 2. The van der Waals surface area contributed by atoms with Gasteiger partial charge in [-0.05, 0) is 56.0 Å². The van der Waals surface area contributed by atoms with Crippen LogP contribution in [0.5, 0.6) is 11.5 Å². The molecule has 0 aromatic heterocycles. The van der Waals surface area contributed by atoms with Gasteiger partial charge in [0.15, 0.2) is 11.5 Å². The lowest BCUT2D eigenvalue weighted by atomic mass is 9.88. The van der Waals surface area contributed by atoms with E-state index in [-0.39, 0.29) is 23.7 Å². The van der Waals surface area contributed by atoms with Crippen LogP contribution in [0.1, 0.15) is 36.5 Å². The van der Waals surface area contributed by atoms with Crippen molar-refractivity contribution < 1.29 is 23.8 Å². The molecular weight excluding hydrogens is 474 g/mol. The van der Waals surface area contributed by atoms with Gasteiger partial charge in [-0.1, -0.05) is 12.1 Å². The molecule has 3 aliphatic rings. The van der Waals surface area contributed by atoms with Crippen LogP contribution in [0.4, 0.5) is 15.3 Å². The zero-order chi connectivity index (χ0) is 26.2. The minimum Gasteiger partial charge on any atom is -0.493 e. The van der Waals surface area contributed by atoms with Crippen molar-refractivity contribution in [2.75, 3.05) is 45.9 Å². The van der Waals surface area contributed by atoms with Gasteiger partial charge in [0.05, 0.1) is 31.5 Å². The molecule has 1 spiro atoms. The number of carbonyl (C=O) groups is 2. The summed E-state index contributed by atoms with van der Waals surface area (Å²) < 4.78 is 16.3. The summed E-state index contributed by atoms with van der Waals surface area (Å²) in [6.07, 6.45) is 1.96. The highest BCUT2D eigenvalue weighted by Gasteiger charge is 2.42. The van der Waals surface area contributed by atoms with Crippen LogP contribution in [-0.2, 0) is 11.2 Å². The lowest BCUT2D eigenvalue weighted by Crippen LogP contribution is -2.52. The van der Waals surface area contributed by atoms with Crippen molar-refractivity contribution in [3.63, 3.8) is 0 Å². The van der Waals surface area contributed by atoms with E-state index in [0.717, 1.165) is 48.3 Å². The number of hydrogen-bond acceptors (Lipinski definition) is 7. The van der Waals surface area contributed by atoms with Gasteiger partial charge >= 0.3 is 12.1 Å². The number of rotatable bonds is 4. The van der Waals surface area contributed by atoms with Crippen LogP contribution in [0.2, 0.25) is 0 Å². The molecular formula is C27H33N5O5. The van der Waals surface area contributed by atoms with Crippen molar-refractivity contribution in [3.8, 4) is 11.5 Å². The van der Waals surface area contributed by atoms with Gasteiger partial charge in [0.25, 0.3) is 0 Å². The first-order valence-corrected chi connectivity index (χ1v) is 12.5. The number of nitrogens with zero attached hydrogens (tertiary/aromatic N) is 3. The van der Waals surface area contributed by atoms with Crippen LogP contribution in [0, 0.1) is 0 Å². The highest BCUT2D eigenvalue weighted by molar-refractivity contribution is 6.14. The molecule has 10 heteroatoms. The summed E-state index contributed by atoms with van der Waals surface area (Å²) in [6.45, 7) is 4.07. The maximum Gasteiger partial charge on any atom is 0.407 e. The molecule has 3 amide bonds. The summed E-state index contributed by atoms with van der Waals surface area (Å²) in [5.74, 6) is 1.25. The molecule has 2 aromatic rings. The second-order valence-electron chi connectivity index (χ2n) is 9.78. The number of anilines is 1. The average Bonchev–Trinajstić information content (AvgIpc) is 3.21. The Hall–Kier alpha value is -3.95. The molecule has 2 fully saturated rings. The molecule has 0 saturated carbocycles. The van der Waals surface area contributed by atoms with Crippen LogP contribution < -0.4 is 25.0 Å². The molecule has 2 saturated heterocycles. The molecule has 2 N–H and O–H groups in total. The number of hydrogen-bond donors (Lipinski definition) is 2. The van der Waals surface area contributed by atoms with Crippen molar-refractivity contribution in [2.24, 2.45) is 5.10 Å². The van der Waals surface area contributed by atoms with Crippen LogP contribution in [0.25, 0.3) is 0 Å². The first kappa shape index (κ1) is 24.7. The van der Waals surface area contributed by atoms with Crippen molar-refractivity contribution in [3.05, 3.63) is 53.1 Å². The number of ether oxygens (including phenoxy) is 3. The van der Waals surface area contributed by atoms with E-state index >= 15 is 0 Å². The van der Waals surface area contributed by atoms with E-state index in [2.05, 4.69) is 27.7 Å². The van der Waals surface area contributed by atoms with Gasteiger partial charge < -0.3 is 29.7 Å². The number of hydrazone groups is 1. The van der Waals surface area contributed by atoms with Gasteiger partial charge in [-0.3, -0.25) is 0 Å². The van der Waals surface area contributed by atoms with Crippen molar-refractivity contribution in [1.82, 2.24) is 15.6 Å². The zero-order valence-electron chi connectivity index (χ0n) is 21.7. The van der Waals surface area contributed by atoms with Gasteiger partial charge in [0.1, 0.15) is 6.61 Å². The van der Waals surface area contributed by atoms with E-state index < -0.39 is 0 Å². The molecule has 37 heavy (non-hydrogen) atoms. The summed E-state index contributed by atoms with van der Waals surface area (Å²) in [4.78, 5) is 26.6. The zero-order valence-corrected chi connectivity index (χ0v) is 21.7. The van der Waals surface area contributed by atoms with Crippen molar-refractivity contribution in [2.45, 2.75) is 37.8 Å². The standard InChI is InChI=1S/C27H33N5O5/c1-17-13-19-14-22(35-3)23(36-4)15-21(19)24(30-32(17)25(33)28-2)18-5-7-20(8-6-18)31-11-9-27(10-12-31)16-37-26(34)29-27/h5-8,14-15,17H,9-13,16H2,1-4H3,(H,28,33)(H,29,34). The van der Waals surface area contributed by atoms with E-state index in [9.17, 15) is 9.59 Å². The average molecular weight is 508 g/mol. The topological polar surface area (TPSA) is 105 Å². The molecule has 0 aliphatic carbocycles. The van der Waals surface area contributed by atoms with Gasteiger partial charge in [-0.25, -0.2) is 14.6 Å². The van der Waals surface area contributed by atoms with E-state index in [1.807, 2.05) is 31.2 Å². The fourth-order valence-corrected chi connectivity index (χ4v) is 5.33. The molecule has 0 bridgehead atoms. The lowest BCUT2D eigenvalue weighted by molar-refractivity contribution is 0.168. The number of urea groups is 1. The summed E-state index contributed by atoms with van der Waals surface area (Å²) >= 11 is 0. The number of methoxy groups -OCH3 is 2. The highest BCUT2D eigenvalue weighted by atomic mass is 16.6. The van der Waals surface area contributed by atoms with Gasteiger partial charge in [-0.2, -0.15) is 5.10 Å². The SMILES string of the molecule is CNC(=O)N1N=C(c2ccc(N3CCC4(CC3)COC(=O)N4)cc2)c2cc(OC)c(OC)cc2CC1C. The van der Waals surface area contributed by atoms with E-state index in [1.165, 1.54) is 5.01 Å². The Bertz CT molecular complexity index is 1220. The van der Waals surface area contributed by atoms with Gasteiger partial charge in [-0.15, -0.1) is 0 Å². The second-order valence-corrected chi connectivity index (χ2v) is 9.78. The maximum atomic E-state index is 12.7. The van der Waals surface area contributed by atoms with E-state index in [0.29, 0.717) is 30.2 Å². The van der Waals surface area contributed by atoms with Crippen LogP contribution in [0.3, 0.4) is 0 Å². The predicted octanol–water partition coefficient (Wildman–Crippen LogP) is 3.12. The monoisotopic (exact) mass is 507 g/mol. The minimum absolute atomic E-state index is 0.158. The number of carbonyl (C=O) groups excluding carboxylic acids is 2. The molecule has 1 atom stereocenters. The fraction of sp³-hybridized carbons (Fsp3) is 0.444. The first-order chi connectivity index (χ1) is 17.9. The third-order valence-corrected chi connectivity index (χ3v) is 7.50. The molecule has 2 aromatic carbocycles. The number of alkyl carbamates (subject to hydrolysis) is 1. The Morgan fingerprint density at radius 2 is 1.81 bits per heavy atom. The third-order valence-electron chi connectivity index (χ3n) is 7.50. The Labute approximate surface area is 216 Å². The summed E-state index contributed by atoms with van der Waals surface area (Å²) in [5.41, 5.74) is 4.38. The Kier molecular flexibility index (Phi) is 6.57. The minimum atomic E-state index is -0.323. The fourth-order valence-electron chi connectivity index (χ4n) is 5.33. The molecule has 3 aliphatic heterocycles. The summed E-state index contributed by atoms with van der Waals surface area (Å²) in [6, 6.07) is 11.7. The molecule has 0 radical (unpaired) electrons. The Morgan fingerprint density at radius 1 is 1.14 bits per heavy atom. The Balaban J connectivity index is 1.47. The van der Waals surface area contributed by atoms with Crippen molar-refractivity contribution in [1.29, 1.82) is 0 Å². The highest BCUT2D eigenvalue weighted by Crippen LogP contribution is 2.35. The maximum absolute atomic E-state index is 12.7. The molecule has 3 heterocycles. The molecule has 1 unspecified atom stereocenters. The predicted molar refractivity (Wildman–Crippen MR) is 140 cm³/mol. The van der Waals surface area contributed by atoms with Crippen LogP contribution >= 0.6 is 0 Å². The lowest BCUT2D eigenvalue weighted by Gasteiger charge is -2.38. The van der Waals surface area contributed by atoms with Crippen molar-refractivity contribution >= 4 is 23.5 Å². The largest absolute Gasteiger partial charge is 0.493 e. The normalized spacial score (nSPS) is 20.4. The van der Waals surface area contributed by atoms with Gasteiger partial charge in [0, 0.05) is 37.0 Å². The first-order valence-electron chi connectivity index (χ1n) is 12.5. The van der Waals surface area contributed by atoms with Crippen LogP contribution in [-0.4, -0.2) is 75.4 Å². The second kappa shape index (κ2) is 9.84. The quantitative estimate of drug-likeness (QED) is 0.659. The number of benzene rings is 2. The van der Waals surface area contributed by atoms with E-state index in [1.54, 1.807) is 21.3 Å². The summed E-state index contributed by atoms with van der Waals surface area (Å²) in [5, 5.41) is 12.0. The number of cyclic esters (lactones) is 1. The molecule has 5 rings (SSSR count). The smallest absolute Gasteiger partial charge is 0.407 e. The molecule has 10 nitrogen and oxygen atoms in total. The third kappa shape index (κ3) is 4.63. The number of fused-ring (bicyclic) bond motifs is 1.